The van der Waals surface area contributed by atoms with Crippen molar-refractivity contribution in [2.45, 2.75) is 6.43 Å². The largest absolute Gasteiger partial charge is 0.263 e. The van der Waals surface area contributed by atoms with Gasteiger partial charge in [-0.25, -0.2) is 8.78 Å². The third kappa shape index (κ3) is 3.21. The predicted octanol–water partition coefficient (Wildman–Crippen LogP) is 8.21. The Balaban J connectivity index is 2.82. The summed E-state index contributed by atoms with van der Waals surface area (Å²) in [5, 5.41) is 0.0899. The van der Waals surface area contributed by atoms with E-state index in [1.165, 1.54) is 18.2 Å². The first-order chi connectivity index (χ1) is 9.75. The van der Waals surface area contributed by atoms with Gasteiger partial charge in [0, 0.05) is 21.7 Å². The van der Waals surface area contributed by atoms with E-state index < -0.39 is 6.43 Å². The number of hydrogen-bond donors (Lipinski definition) is 0. The number of rotatable bonds is 2. The molecule has 0 fully saturated rings. The van der Waals surface area contributed by atoms with Gasteiger partial charge in [-0.3, -0.25) is 0 Å². The molecule has 0 spiro atoms. The molecule has 0 heterocycles. The van der Waals surface area contributed by atoms with E-state index in [4.69, 9.17) is 69.6 Å². The topological polar surface area (TPSA) is 0 Å². The molecule has 0 aliphatic carbocycles. The number of benzene rings is 2. The van der Waals surface area contributed by atoms with Crippen LogP contribution in [0, 0.1) is 0 Å². The summed E-state index contributed by atoms with van der Waals surface area (Å²) >= 11 is 36.1. The van der Waals surface area contributed by atoms with Crippen LogP contribution in [0.1, 0.15) is 12.0 Å². The van der Waals surface area contributed by atoms with Crippen LogP contribution in [0.25, 0.3) is 11.1 Å². The molecule has 0 nitrogen and oxygen atoms in total. The maximum Gasteiger partial charge on any atom is 0.263 e. The van der Waals surface area contributed by atoms with Gasteiger partial charge in [-0.2, -0.15) is 0 Å². The zero-order valence-electron chi connectivity index (χ0n) is 9.83. The molecule has 0 bridgehead atoms. The fraction of sp³-hybridized carbons (Fsp3) is 0.0769. The molecule has 2 aromatic carbocycles. The quantitative estimate of drug-likeness (QED) is 0.345. The van der Waals surface area contributed by atoms with Crippen LogP contribution in [-0.4, -0.2) is 0 Å². The first kappa shape index (κ1) is 17.4. The van der Waals surface area contributed by atoms with E-state index in [2.05, 4.69) is 0 Å². The third-order valence-electron chi connectivity index (χ3n) is 2.72. The van der Waals surface area contributed by atoms with Crippen LogP contribution in [0.15, 0.2) is 18.2 Å². The van der Waals surface area contributed by atoms with Crippen LogP contribution in [0.3, 0.4) is 0 Å². The lowest BCUT2D eigenvalue weighted by Gasteiger charge is -2.15. The van der Waals surface area contributed by atoms with Crippen molar-refractivity contribution in [3.05, 3.63) is 53.9 Å². The highest BCUT2D eigenvalue weighted by Gasteiger charge is 2.23. The van der Waals surface area contributed by atoms with Gasteiger partial charge < -0.3 is 0 Å². The van der Waals surface area contributed by atoms with Crippen LogP contribution in [0.4, 0.5) is 8.78 Å². The van der Waals surface area contributed by atoms with E-state index in [1.807, 2.05) is 0 Å². The predicted molar refractivity (Wildman–Crippen MR) is 86.9 cm³/mol. The van der Waals surface area contributed by atoms with E-state index in [0.29, 0.717) is 0 Å². The number of hydrogen-bond acceptors (Lipinski definition) is 0. The van der Waals surface area contributed by atoms with Crippen molar-refractivity contribution in [2.75, 3.05) is 0 Å². The second kappa shape index (κ2) is 6.66. The number of alkyl halides is 2. The molecule has 0 amide bonds. The maximum absolute atomic E-state index is 12.8. The third-order valence-corrected chi connectivity index (χ3v) is 5.33. The van der Waals surface area contributed by atoms with Crippen LogP contribution >= 0.6 is 69.6 Å². The van der Waals surface area contributed by atoms with Crippen LogP contribution in [-0.2, 0) is 0 Å². The highest BCUT2D eigenvalue weighted by Crippen LogP contribution is 2.49. The molecule has 0 aliphatic rings. The van der Waals surface area contributed by atoms with Crippen molar-refractivity contribution in [3.8, 4) is 11.1 Å². The second-order valence-electron chi connectivity index (χ2n) is 3.98. The summed E-state index contributed by atoms with van der Waals surface area (Å²) in [5.74, 6) is 0. The molecule has 0 radical (unpaired) electrons. The second-order valence-corrected chi connectivity index (χ2v) is 6.28. The van der Waals surface area contributed by atoms with Crippen molar-refractivity contribution in [1.82, 2.24) is 0 Å². The molecular weight excluding hydrogens is 407 g/mol. The average Bonchev–Trinajstić information content (AvgIpc) is 2.45. The summed E-state index contributed by atoms with van der Waals surface area (Å²) in [4.78, 5) is 0. The minimum atomic E-state index is -2.67. The average molecular weight is 411 g/mol. The molecule has 2 rings (SSSR count). The molecule has 21 heavy (non-hydrogen) atoms. The summed E-state index contributed by atoms with van der Waals surface area (Å²) in [5.41, 5.74) is 0.124. The minimum Gasteiger partial charge on any atom is -0.205 e. The molecule has 0 N–H and O–H groups in total. The first-order valence-electron chi connectivity index (χ1n) is 5.35. The SMILES string of the molecule is FC(F)c1ccc(Cl)c(-c2c(Cl)c(Cl)c(Cl)c(Cl)c2Cl)c1. The summed E-state index contributed by atoms with van der Waals surface area (Å²) in [6.07, 6.45) is -2.67. The normalized spacial score (nSPS) is 11.3. The Kier molecular flexibility index (Phi) is 5.51. The van der Waals surface area contributed by atoms with E-state index in [1.54, 1.807) is 0 Å². The van der Waals surface area contributed by atoms with Crippen LogP contribution in [0.5, 0.6) is 0 Å². The summed E-state index contributed by atoms with van der Waals surface area (Å²) in [7, 11) is 0. The van der Waals surface area contributed by atoms with Gasteiger partial charge in [0.05, 0.1) is 25.1 Å². The summed E-state index contributed by atoms with van der Waals surface area (Å²) in [6.45, 7) is 0. The smallest absolute Gasteiger partial charge is 0.205 e. The Hall–Kier alpha value is 0.0400. The zero-order chi connectivity index (χ0) is 15.9. The van der Waals surface area contributed by atoms with E-state index in [0.717, 1.165) is 0 Å². The van der Waals surface area contributed by atoms with Crippen molar-refractivity contribution in [2.24, 2.45) is 0 Å². The van der Waals surface area contributed by atoms with Gasteiger partial charge in [-0.15, -0.1) is 0 Å². The van der Waals surface area contributed by atoms with Crippen molar-refractivity contribution < 1.29 is 8.78 Å². The monoisotopic (exact) mass is 408 g/mol. The Morgan fingerprint density at radius 3 is 1.67 bits per heavy atom. The molecule has 112 valence electrons. The highest BCUT2D eigenvalue weighted by molar-refractivity contribution is 6.56. The van der Waals surface area contributed by atoms with Crippen LogP contribution in [0.2, 0.25) is 30.1 Å². The fourth-order valence-electron chi connectivity index (χ4n) is 1.71. The Morgan fingerprint density at radius 1 is 0.714 bits per heavy atom. The highest BCUT2D eigenvalue weighted by atomic mass is 35.5. The molecule has 2 aromatic rings. The maximum atomic E-state index is 12.8. The van der Waals surface area contributed by atoms with Gasteiger partial charge in [0.25, 0.3) is 6.43 Å². The Labute approximate surface area is 149 Å². The lowest BCUT2D eigenvalue weighted by Crippen LogP contribution is -1.91. The lowest BCUT2D eigenvalue weighted by molar-refractivity contribution is 0.151. The molecule has 0 aliphatic heterocycles. The molecule has 0 unspecified atom stereocenters. The molecule has 0 atom stereocenters. The molecule has 0 saturated carbocycles. The molecule has 8 heteroatoms. The van der Waals surface area contributed by atoms with Gasteiger partial charge >= 0.3 is 0 Å². The van der Waals surface area contributed by atoms with Gasteiger partial charge in [0.2, 0.25) is 0 Å². The molecular formula is C13H4Cl6F2. The standard InChI is InChI=1S/C13H4Cl6F2/c14-6-2-1-4(13(20)21)3-5(6)7-8(15)10(17)12(19)11(18)9(7)16/h1-3,13H. The zero-order valence-corrected chi connectivity index (χ0v) is 14.4. The van der Waals surface area contributed by atoms with Gasteiger partial charge in [-0.1, -0.05) is 75.7 Å². The Bertz CT molecular complexity index is 685. The first-order valence-corrected chi connectivity index (χ1v) is 7.61. The van der Waals surface area contributed by atoms with E-state index in [9.17, 15) is 8.78 Å². The molecule has 0 saturated heterocycles. The minimum absolute atomic E-state index is 0.00983. The number of halogens is 8. The van der Waals surface area contributed by atoms with Gasteiger partial charge in [0.1, 0.15) is 0 Å². The van der Waals surface area contributed by atoms with Crippen molar-refractivity contribution >= 4 is 69.6 Å². The van der Waals surface area contributed by atoms with Crippen LogP contribution < -0.4 is 0 Å². The molecule has 0 aromatic heterocycles. The van der Waals surface area contributed by atoms with Gasteiger partial charge in [-0.05, 0) is 12.1 Å². The summed E-state index contributed by atoms with van der Waals surface area (Å²) in [6, 6.07) is 3.71. The fourth-order valence-corrected chi connectivity index (χ4v) is 3.27. The van der Waals surface area contributed by atoms with E-state index >= 15 is 0 Å². The van der Waals surface area contributed by atoms with Crippen molar-refractivity contribution in [1.29, 1.82) is 0 Å². The van der Waals surface area contributed by atoms with Crippen molar-refractivity contribution in [3.63, 3.8) is 0 Å². The Morgan fingerprint density at radius 2 is 1.19 bits per heavy atom. The van der Waals surface area contributed by atoms with Gasteiger partial charge in [0.15, 0.2) is 0 Å². The van der Waals surface area contributed by atoms with E-state index in [-0.39, 0.29) is 46.8 Å². The lowest BCUT2D eigenvalue weighted by atomic mass is 10.0. The summed E-state index contributed by atoms with van der Waals surface area (Å²) < 4.78 is 25.7.